The highest BCUT2D eigenvalue weighted by atomic mass is 35.5. The van der Waals surface area contributed by atoms with Crippen molar-refractivity contribution in [3.63, 3.8) is 0 Å². The van der Waals surface area contributed by atoms with Crippen LogP contribution in [0.5, 0.6) is 0 Å². The minimum atomic E-state index is -4.55. The number of thiazole rings is 1. The number of thioether (sulfide) groups is 1. The number of carboxylic acids is 1. The van der Waals surface area contributed by atoms with Crippen molar-refractivity contribution in [3.8, 4) is 0 Å². The molecule has 1 atom stereocenters. The molecule has 2 heterocycles. The number of anilines is 1. The first-order valence-electron chi connectivity index (χ1n) is 8.58. The highest BCUT2D eigenvalue weighted by Gasteiger charge is 2.36. The van der Waals surface area contributed by atoms with Crippen LogP contribution >= 0.6 is 34.7 Å². The molecule has 5 nitrogen and oxygen atoms in total. The van der Waals surface area contributed by atoms with E-state index in [1.165, 1.54) is 16.7 Å². The summed E-state index contributed by atoms with van der Waals surface area (Å²) < 4.78 is 39.6. The Morgan fingerprint density at radius 2 is 2.00 bits per heavy atom. The van der Waals surface area contributed by atoms with E-state index < -0.39 is 23.0 Å². The first kappa shape index (κ1) is 21.0. The van der Waals surface area contributed by atoms with Crippen LogP contribution in [-0.4, -0.2) is 27.2 Å². The molecule has 1 aliphatic rings. The zero-order valence-corrected chi connectivity index (χ0v) is 17.3. The Kier molecular flexibility index (Phi) is 5.41. The Bertz CT molecular complexity index is 1170. The molecular weight excluding hydrogens is 461 g/mol. The monoisotopic (exact) mass is 472 g/mol. The second-order valence-corrected chi connectivity index (χ2v) is 9.24. The number of amides is 1. The molecule has 0 radical (unpaired) electrons. The van der Waals surface area contributed by atoms with Crippen LogP contribution in [0.2, 0.25) is 5.02 Å². The summed E-state index contributed by atoms with van der Waals surface area (Å²) in [6.07, 6.45) is -4.89. The van der Waals surface area contributed by atoms with E-state index >= 15 is 0 Å². The smallest absolute Gasteiger partial charge is 0.416 e. The Morgan fingerprint density at radius 3 is 2.70 bits per heavy atom. The molecule has 11 heteroatoms. The molecule has 1 amide bonds. The van der Waals surface area contributed by atoms with Crippen molar-refractivity contribution < 1.29 is 27.9 Å². The fourth-order valence-electron chi connectivity index (χ4n) is 3.13. The van der Waals surface area contributed by atoms with Crippen LogP contribution in [-0.2, 0) is 22.3 Å². The third-order valence-corrected chi connectivity index (χ3v) is 7.19. The Balaban J connectivity index is 1.72. The van der Waals surface area contributed by atoms with E-state index in [1.807, 2.05) is 0 Å². The molecule has 3 aromatic rings. The maximum absolute atomic E-state index is 13.1. The van der Waals surface area contributed by atoms with Crippen molar-refractivity contribution in [2.45, 2.75) is 29.3 Å². The first-order chi connectivity index (χ1) is 14.1. The van der Waals surface area contributed by atoms with Crippen molar-refractivity contribution in [2.75, 3.05) is 4.90 Å². The maximum atomic E-state index is 13.1. The summed E-state index contributed by atoms with van der Waals surface area (Å²) in [6, 6.07) is 8.84. The van der Waals surface area contributed by atoms with Crippen LogP contribution in [0.3, 0.4) is 0 Å². The number of carbonyl (C=O) groups is 2. The van der Waals surface area contributed by atoms with Crippen LogP contribution in [0.1, 0.15) is 17.0 Å². The Labute approximate surface area is 181 Å². The lowest BCUT2D eigenvalue weighted by Gasteiger charge is -2.32. The predicted molar refractivity (Wildman–Crippen MR) is 109 cm³/mol. The van der Waals surface area contributed by atoms with E-state index in [0.29, 0.717) is 15.4 Å². The summed E-state index contributed by atoms with van der Waals surface area (Å²) in [5.41, 5.74) is -0.186. The van der Waals surface area contributed by atoms with Gasteiger partial charge in [0, 0.05) is 4.90 Å². The number of para-hydroxylation sites is 1. The van der Waals surface area contributed by atoms with Gasteiger partial charge in [-0.1, -0.05) is 23.7 Å². The summed E-state index contributed by atoms with van der Waals surface area (Å²) in [7, 11) is 0. The molecule has 1 aliphatic heterocycles. The number of halogens is 4. The van der Waals surface area contributed by atoms with Gasteiger partial charge >= 0.3 is 12.1 Å². The van der Waals surface area contributed by atoms with E-state index in [1.54, 1.807) is 24.3 Å². The van der Waals surface area contributed by atoms with Gasteiger partial charge < -0.3 is 10.0 Å². The largest absolute Gasteiger partial charge is 0.481 e. The second-order valence-electron chi connectivity index (χ2n) is 6.51. The summed E-state index contributed by atoms with van der Waals surface area (Å²) in [6.45, 7) is 0.00352. The predicted octanol–water partition coefficient (Wildman–Crippen LogP) is 5.45. The zero-order chi connectivity index (χ0) is 21.6. The van der Waals surface area contributed by atoms with E-state index in [-0.39, 0.29) is 29.4 Å². The molecule has 0 bridgehead atoms. The van der Waals surface area contributed by atoms with Gasteiger partial charge in [-0.2, -0.15) is 13.2 Å². The van der Waals surface area contributed by atoms with Crippen LogP contribution in [0, 0.1) is 0 Å². The molecule has 1 N–H and O–H groups in total. The summed E-state index contributed by atoms with van der Waals surface area (Å²) in [4.78, 5) is 30.5. The number of carboxylic acid groups (broad SMARTS) is 1. The number of benzene rings is 2. The minimum absolute atomic E-state index is 0.00352. The summed E-state index contributed by atoms with van der Waals surface area (Å²) in [5, 5.41) is 8.66. The lowest BCUT2D eigenvalue weighted by molar-refractivity contribution is -0.138. The quantitative estimate of drug-likeness (QED) is 0.546. The molecule has 0 saturated carbocycles. The van der Waals surface area contributed by atoms with Gasteiger partial charge in [0.1, 0.15) is 5.01 Å². The number of rotatable bonds is 4. The first-order valence-corrected chi connectivity index (χ1v) is 10.7. The average Bonchev–Trinajstić information content (AvgIpc) is 3.07. The van der Waals surface area contributed by atoms with Gasteiger partial charge in [0.2, 0.25) is 5.91 Å². The van der Waals surface area contributed by atoms with Gasteiger partial charge in [-0.3, -0.25) is 9.59 Å². The van der Waals surface area contributed by atoms with Gasteiger partial charge in [-0.05, 0) is 24.3 Å². The van der Waals surface area contributed by atoms with Gasteiger partial charge in [-0.15, -0.1) is 23.1 Å². The molecular formula is C19H12ClF3N2O3S2. The SMILES string of the molecule is O=C(O)CC1Sc2ccccc2N(Cc2nc3cc(C(F)(F)F)cc(Cl)c3s2)C1=O. The molecule has 2 aromatic carbocycles. The fourth-order valence-corrected chi connectivity index (χ4v) is 5.62. The van der Waals surface area contributed by atoms with E-state index in [4.69, 9.17) is 16.7 Å². The van der Waals surface area contributed by atoms with Gasteiger partial charge in [0.15, 0.2) is 0 Å². The van der Waals surface area contributed by atoms with Crippen molar-refractivity contribution >= 4 is 62.5 Å². The molecule has 0 fully saturated rings. The van der Waals surface area contributed by atoms with Crippen molar-refractivity contribution in [1.29, 1.82) is 0 Å². The molecule has 1 aromatic heterocycles. The van der Waals surface area contributed by atoms with Gasteiger partial charge in [0.05, 0.1) is 44.7 Å². The number of hydrogen-bond donors (Lipinski definition) is 1. The van der Waals surface area contributed by atoms with Crippen LogP contribution in [0.25, 0.3) is 10.2 Å². The number of fused-ring (bicyclic) bond motifs is 2. The van der Waals surface area contributed by atoms with Gasteiger partial charge in [-0.25, -0.2) is 4.98 Å². The molecule has 0 saturated heterocycles. The van der Waals surface area contributed by atoms with Crippen molar-refractivity contribution in [3.05, 3.63) is 52.0 Å². The third-order valence-electron chi connectivity index (χ3n) is 4.44. The number of nitrogens with zero attached hydrogens (tertiary/aromatic N) is 2. The number of alkyl halides is 3. The highest BCUT2D eigenvalue weighted by Crippen LogP contribution is 2.42. The third kappa shape index (κ3) is 3.99. The lowest BCUT2D eigenvalue weighted by atomic mass is 10.2. The molecule has 156 valence electrons. The van der Waals surface area contributed by atoms with E-state index in [9.17, 15) is 22.8 Å². The van der Waals surface area contributed by atoms with Crippen LogP contribution in [0.4, 0.5) is 18.9 Å². The minimum Gasteiger partial charge on any atom is -0.481 e. The van der Waals surface area contributed by atoms with Crippen molar-refractivity contribution in [2.24, 2.45) is 0 Å². The maximum Gasteiger partial charge on any atom is 0.416 e. The average molecular weight is 473 g/mol. The number of carbonyl (C=O) groups excluding carboxylic acids is 1. The lowest BCUT2D eigenvalue weighted by Crippen LogP contribution is -2.41. The standard InChI is InChI=1S/C19H12ClF3N2O3S2/c20-10-5-9(19(21,22)23)6-11-17(10)30-15(24-11)8-25-12-3-1-2-4-13(12)29-14(18(25)28)7-16(26)27/h1-6,14H,7-8H2,(H,26,27). The highest BCUT2D eigenvalue weighted by molar-refractivity contribution is 8.01. The Morgan fingerprint density at radius 1 is 1.27 bits per heavy atom. The number of aromatic nitrogens is 1. The van der Waals surface area contributed by atoms with Crippen LogP contribution in [0.15, 0.2) is 41.3 Å². The van der Waals surface area contributed by atoms with Crippen molar-refractivity contribution in [1.82, 2.24) is 4.98 Å². The summed E-state index contributed by atoms with van der Waals surface area (Å²) >= 11 is 8.32. The summed E-state index contributed by atoms with van der Waals surface area (Å²) in [5.74, 6) is -1.48. The molecule has 0 spiro atoms. The fraction of sp³-hybridized carbons (Fsp3) is 0.211. The number of hydrogen-bond acceptors (Lipinski definition) is 5. The number of aliphatic carboxylic acids is 1. The van der Waals surface area contributed by atoms with E-state index in [2.05, 4.69) is 4.98 Å². The van der Waals surface area contributed by atoms with Crippen LogP contribution < -0.4 is 4.90 Å². The topological polar surface area (TPSA) is 70.5 Å². The molecule has 1 unspecified atom stereocenters. The van der Waals surface area contributed by atoms with Gasteiger partial charge in [0.25, 0.3) is 0 Å². The normalized spacial score (nSPS) is 16.7. The zero-order valence-electron chi connectivity index (χ0n) is 14.9. The van der Waals surface area contributed by atoms with E-state index in [0.717, 1.165) is 28.4 Å². The molecule has 0 aliphatic carbocycles. The molecule has 30 heavy (non-hydrogen) atoms. The molecule has 4 rings (SSSR count). The second kappa shape index (κ2) is 7.75. The Hall–Kier alpha value is -2.30.